The Balaban J connectivity index is 1.37. The van der Waals surface area contributed by atoms with Gasteiger partial charge in [0.15, 0.2) is 0 Å². The van der Waals surface area contributed by atoms with Gasteiger partial charge in [0.2, 0.25) is 5.91 Å². The highest BCUT2D eigenvalue weighted by Crippen LogP contribution is 2.25. The molecular weight excluding hydrogens is 440 g/mol. The maximum atomic E-state index is 13.2. The molecule has 4 rings (SSSR count). The summed E-state index contributed by atoms with van der Waals surface area (Å²) < 4.78 is 34.8. The third-order valence-electron chi connectivity index (χ3n) is 6.12. The summed E-state index contributed by atoms with van der Waals surface area (Å²) in [5.41, 5.74) is 0. The first-order valence-electron chi connectivity index (χ1n) is 10.8. The summed E-state index contributed by atoms with van der Waals surface area (Å²) >= 11 is 1.38. The van der Waals surface area contributed by atoms with Gasteiger partial charge in [-0.3, -0.25) is 9.59 Å². The van der Waals surface area contributed by atoms with Crippen molar-refractivity contribution in [2.45, 2.75) is 44.9 Å². The van der Waals surface area contributed by atoms with E-state index in [0.717, 1.165) is 6.42 Å². The van der Waals surface area contributed by atoms with E-state index in [0.29, 0.717) is 44.0 Å². The minimum atomic E-state index is -3.59. The van der Waals surface area contributed by atoms with E-state index >= 15 is 0 Å². The van der Waals surface area contributed by atoms with Gasteiger partial charge in [-0.1, -0.05) is 6.07 Å². The van der Waals surface area contributed by atoms with E-state index in [-0.39, 0.29) is 37.1 Å². The van der Waals surface area contributed by atoms with Crippen molar-refractivity contribution in [1.82, 2.24) is 18.4 Å². The molecule has 2 unspecified atom stereocenters. The van der Waals surface area contributed by atoms with Crippen LogP contribution in [0.25, 0.3) is 0 Å². The molecule has 3 atom stereocenters. The monoisotopic (exact) mass is 470 g/mol. The van der Waals surface area contributed by atoms with Crippen LogP contribution < -0.4 is 0 Å². The van der Waals surface area contributed by atoms with Crippen molar-refractivity contribution in [2.75, 3.05) is 45.8 Å². The van der Waals surface area contributed by atoms with Crippen LogP contribution in [0.1, 0.15) is 36.4 Å². The Morgan fingerprint density at radius 2 is 1.71 bits per heavy atom. The van der Waals surface area contributed by atoms with E-state index in [2.05, 4.69) is 0 Å². The van der Waals surface area contributed by atoms with Gasteiger partial charge in [-0.25, -0.2) is 0 Å². The van der Waals surface area contributed by atoms with Crippen molar-refractivity contribution in [3.8, 4) is 0 Å². The number of likely N-dealkylation sites (tertiary alicyclic amines) is 1. The maximum absolute atomic E-state index is 13.2. The second-order valence-corrected chi connectivity index (χ2v) is 11.3. The number of nitrogens with zero attached hydrogens (tertiary/aromatic N) is 4. The van der Waals surface area contributed by atoms with Crippen LogP contribution in [0.5, 0.6) is 0 Å². The smallest absolute Gasteiger partial charge is 0.282 e. The minimum absolute atomic E-state index is 0.0759. The van der Waals surface area contributed by atoms with E-state index in [1.165, 1.54) is 19.9 Å². The Morgan fingerprint density at radius 3 is 2.32 bits per heavy atom. The number of carbonyl (C=O) groups excluding carboxylic acids is 2. The number of thiophene rings is 1. The second-order valence-electron chi connectivity index (χ2n) is 8.44. The van der Waals surface area contributed by atoms with Crippen LogP contribution in [0.3, 0.4) is 0 Å². The fraction of sp³-hybridized carbons (Fsp3) is 0.700. The largest absolute Gasteiger partial charge is 0.373 e. The van der Waals surface area contributed by atoms with Crippen LogP contribution >= 0.6 is 11.3 Å². The predicted octanol–water partition coefficient (Wildman–Crippen LogP) is 0.851. The zero-order valence-electron chi connectivity index (χ0n) is 18.0. The molecule has 2 amide bonds. The number of morpholine rings is 1. The zero-order chi connectivity index (χ0) is 22.2. The number of hydrogen-bond donors (Lipinski definition) is 0. The highest BCUT2D eigenvalue weighted by Gasteiger charge is 2.41. The van der Waals surface area contributed by atoms with Crippen LogP contribution in [0.4, 0.5) is 0 Å². The third kappa shape index (κ3) is 4.65. The first-order chi connectivity index (χ1) is 14.8. The molecule has 3 saturated heterocycles. The summed E-state index contributed by atoms with van der Waals surface area (Å²) in [6.45, 7) is 6.21. The predicted molar refractivity (Wildman–Crippen MR) is 117 cm³/mol. The molecule has 11 heteroatoms. The number of ether oxygens (including phenoxy) is 1. The van der Waals surface area contributed by atoms with Gasteiger partial charge in [0.05, 0.1) is 17.1 Å². The Morgan fingerprint density at radius 1 is 1.03 bits per heavy atom. The van der Waals surface area contributed by atoms with Crippen molar-refractivity contribution in [3.63, 3.8) is 0 Å². The normalized spacial score (nSPS) is 28.8. The molecule has 0 saturated carbocycles. The van der Waals surface area contributed by atoms with E-state index in [1.54, 1.807) is 15.9 Å². The lowest BCUT2D eigenvalue weighted by Crippen LogP contribution is -2.59. The fourth-order valence-electron chi connectivity index (χ4n) is 4.64. The number of piperazine rings is 1. The summed E-state index contributed by atoms with van der Waals surface area (Å²) in [6, 6.07) is 3.16. The molecule has 0 aliphatic carbocycles. The average Bonchev–Trinajstić information content (AvgIpc) is 3.44. The van der Waals surface area contributed by atoms with E-state index < -0.39 is 16.3 Å². The van der Waals surface area contributed by atoms with Gasteiger partial charge in [0.1, 0.15) is 6.04 Å². The lowest BCUT2D eigenvalue weighted by molar-refractivity contribution is -0.136. The van der Waals surface area contributed by atoms with Crippen LogP contribution in [-0.4, -0.2) is 103 Å². The Hall–Kier alpha value is -1.53. The summed E-state index contributed by atoms with van der Waals surface area (Å²) in [5, 5.41) is 1.86. The van der Waals surface area contributed by atoms with Gasteiger partial charge >= 0.3 is 0 Å². The summed E-state index contributed by atoms with van der Waals surface area (Å²) in [4.78, 5) is 30.0. The standard InChI is InChI=1S/C20H30N4O5S2/c1-15-13-23(14-16(2)29-15)31(27,28)22-10-8-21(9-11-22)19(25)17-5-3-7-24(17)20(26)18-6-4-12-30-18/h4,6,12,15-17H,3,5,7-11,13-14H2,1-2H3/t15?,16?,17-/m0/s1. The van der Waals surface area contributed by atoms with E-state index in [1.807, 2.05) is 25.3 Å². The Kier molecular flexibility index (Phi) is 6.68. The van der Waals surface area contributed by atoms with Gasteiger partial charge in [-0.2, -0.15) is 17.0 Å². The molecule has 4 heterocycles. The first-order valence-corrected chi connectivity index (χ1v) is 13.1. The van der Waals surface area contributed by atoms with Gasteiger partial charge in [-0.15, -0.1) is 11.3 Å². The van der Waals surface area contributed by atoms with E-state index in [9.17, 15) is 18.0 Å². The number of carbonyl (C=O) groups is 2. The lowest BCUT2D eigenvalue weighted by atomic mass is 10.1. The molecular formula is C20H30N4O5S2. The minimum Gasteiger partial charge on any atom is -0.373 e. The molecule has 0 aromatic carbocycles. The molecule has 1 aromatic heterocycles. The van der Waals surface area contributed by atoms with Crippen molar-refractivity contribution < 1.29 is 22.7 Å². The topological polar surface area (TPSA) is 90.5 Å². The quantitative estimate of drug-likeness (QED) is 0.651. The maximum Gasteiger partial charge on any atom is 0.282 e. The Labute approximate surface area is 187 Å². The van der Waals surface area contributed by atoms with Crippen LogP contribution in [0.2, 0.25) is 0 Å². The summed E-state index contributed by atoms with van der Waals surface area (Å²) in [5.74, 6) is -0.171. The molecule has 3 fully saturated rings. The molecule has 3 aliphatic rings. The van der Waals surface area contributed by atoms with Crippen molar-refractivity contribution in [2.24, 2.45) is 0 Å². The molecule has 31 heavy (non-hydrogen) atoms. The number of hydrogen-bond acceptors (Lipinski definition) is 6. The molecule has 0 N–H and O–H groups in total. The fourth-order valence-corrected chi connectivity index (χ4v) is 7.07. The highest BCUT2D eigenvalue weighted by atomic mass is 32.2. The van der Waals surface area contributed by atoms with Crippen LogP contribution in [0.15, 0.2) is 17.5 Å². The van der Waals surface area contributed by atoms with Crippen molar-refractivity contribution in [1.29, 1.82) is 0 Å². The van der Waals surface area contributed by atoms with Gasteiger partial charge in [-0.05, 0) is 38.1 Å². The number of rotatable bonds is 4. The van der Waals surface area contributed by atoms with E-state index in [4.69, 9.17) is 4.74 Å². The zero-order valence-corrected chi connectivity index (χ0v) is 19.6. The molecule has 3 aliphatic heterocycles. The molecule has 0 radical (unpaired) electrons. The van der Waals surface area contributed by atoms with Crippen LogP contribution in [0, 0.1) is 0 Å². The second kappa shape index (κ2) is 9.14. The number of amides is 2. The molecule has 0 spiro atoms. The van der Waals surface area contributed by atoms with Crippen LogP contribution in [-0.2, 0) is 19.7 Å². The SMILES string of the molecule is CC1CN(S(=O)(=O)N2CCN(C(=O)[C@@H]3CCCN3C(=O)c3cccs3)CC2)CC(C)O1. The Bertz CT molecular complexity index is 889. The summed E-state index contributed by atoms with van der Waals surface area (Å²) in [7, 11) is -3.59. The first kappa shape index (κ1) is 22.7. The van der Waals surface area contributed by atoms with Gasteiger partial charge in [0.25, 0.3) is 16.1 Å². The lowest BCUT2D eigenvalue weighted by Gasteiger charge is -2.41. The van der Waals surface area contributed by atoms with Gasteiger partial charge < -0.3 is 14.5 Å². The highest BCUT2D eigenvalue weighted by molar-refractivity contribution is 7.86. The average molecular weight is 471 g/mol. The molecule has 9 nitrogen and oxygen atoms in total. The molecule has 172 valence electrons. The molecule has 1 aromatic rings. The van der Waals surface area contributed by atoms with Crippen molar-refractivity contribution in [3.05, 3.63) is 22.4 Å². The van der Waals surface area contributed by atoms with Gasteiger partial charge in [0, 0.05) is 45.8 Å². The summed E-state index contributed by atoms with van der Waals surface area (Å²) in [6.07, 6.45) is 1.17. The third-order valence-corrected chi connectivity index (χ3v) is 8.95. The van der Waals surface area contributed by atoms with Crippen molar-refractivity contribution >= 4 is 33.4 Å². The molecule has 0 bridgehead atoms.